The van der Waals surface area contributed by atoms with Crippen molar-refractivity contribution in [3.8, 4) is 0 Å². The lowest BCUT2D eigenvalue weighted by Crippen LogP contribution is -2.33. The summed E-state index contributed by atoms with van der Waals surface area (Å²) in [6, 6.07) is 7.02. The molecule has 1 amide bonds. The highest BCUT2D eigenvalue weighted by Gasteiger charge is 2.18. The molecule has 2 aromatic heterocycles. The third-order valence-corrected chi connectivity index (χ3v) is 3.74. The van der Waals surface area contributed by atoms with Gasteiger partial charge in [0.05, 0.1) is 5.69 Å². The third-order valence-electron chi connectivity index (χ3n) is 2.39. The van der Waals surface area contributed by atoms with Gasteiger partial charge in [-0.15, -0.1) is 11.3 Å². The topological polar surface area (TPSA) is 68.0 Å². The zero-order chi connectivity index (χ0) is 13.0. The fourth-order valence-corrected chi connectivity index (χ4v) is 2.42. The predicted molar refractivity (Wildman–Crippen MR) is 75.0 cm³/mol. The molecule has 0 aliphatic rings. The molecule has 1 atom stereocenters. The molecule has 2 heterocycles. The number of thiophene rings is 1. The largest absolute Gasteiger partial charge is 0.368 e. The fourth-order valence-electron chi connectivity index (χ4n) is 1.52. The van der Waals surface area contributed by atoms with Crippen molar-refractivity contribution >= 4 is 33.2 Å². The standard InChI is InChI=1S/C12H12BrN3OS/c13-8-3-4-10(15-6-8)11(12(14)17)16-7-9-2-1-5-18-9/h1-6,11,16H,7H2,(H2,14,17). The number of rotatable bonds is 5. The first-order chi connectivity index (χ1) is 8.66. The van der Waals surface area contributed by atoms with Crippen LogP contribution in [0, 0.1) is 0 Å². The van der Waals surface area contributed by atoms with Crippen molar-refractivity contribution in [2.75, 3.05) is 0 Å². The van der Waals surface area contributed by atoms with Crippen molar-refractivity contribution < 1.29 is 4.79 Å². The van der Waals surface area contributed by atoms with Crippen molar-refractivity contribution in [2.45, 2.75) is 12.6 Å². The Morgan fingerprint density at radius 3 is 2.89 bits per heavy atom. The molecule has 0 fully saturated rings. The van der Waals surface area contributed by atoms with Crippen LogP contribution in [-0.4, -0.2) is 10.9 Å². The van der Waals surface area contributed by atoms with E-state index in [9.17, 15) is 4.79 Å². The molecule has 1 unspecified atom stereocenters. The van der Waals surface area contributed by atoms with Gasteiger partial charge >= 0.3 is 0 Å². The van der Waals surface area contributed by atoms with Crippen LogP contribution in [0.3, 0.4) is 0 Å². The van der Waals surface area contributed by atoms with E-state index in [1.807, 2.05) is 23.6 Å². The number of halogens is 1. The van der Waals surface area contributed by atoms with Crippen LogP contribution < -0.4 is 11.1 Å². The number of aromatic nitrogens is 1. The first kappa shape index (κ1) is 13.2. The van der Waals surface area contributed by atoms with Crippen LogP contribution >= 0.6 is 27.3 Å². The lowest BCUT2D eigenvalue weighted by Gasteiger charge is -2.14. The maximum Gasteiger partial charge on any atom is 0.240 e. The van der Waals surface area contributed by atoms with Crippen LogP contribution in [0.25, 0.3) is 0 Å². The molecule has 0 aromatic carbocycles. The van der Waals surface area contributed by atoms with E-state index in [4.69, 9.17) is 5.73 Å². The minimum atomic E-state index is -0.569. The first-order valence-electron chi connectivity index (χ1n) is 5.33. The molecule has 94 valence electrons. The normalized spacial score (nSPS) is 12.3. The van der Waals surface area contributed by atoms with Crippen molar-refractivity contribution in [3.05, 3.63) is 50.9 Å². The van der Waals surface area contributed by atoms with Gasteiger partial charge in [-0.25, -0.2) is 0 Å². The van der Waals surface area contributed by atoms with Crippen molar-refractivity contribution in [2.24, 2.45) is 5.73 Å². The number of primary amides is 1. The Kier molecular flexibility index (Phi) is 4.46. The highest BCUT2D eigenvalue weighted by molar-refractivity contribution is 9.10. The van der Waals surface area contributed by atoms with E-state index >= 15 is 0 Å². The van der Waals surface area contributed by atoms with Crippen LogP contribution in [0.5, 0.6) is 0 Å². The molecule has 2 aromatic rings. The van der Waals surface area contributed by atoms with Crippen LogP contribution in [-0.2, 0) is 11.3 Å². The smallest absolute Gasteiger partial charge is 0.240 e. The van der Waals surface area contributed by atoms with E-state index in [-0.39, 0.29) is 0 Å². The number of carbonyl (C=O) groups excluding carboxylic acids is 1. The average molecular weight is 326 g/mol. The zero-order valence-corrected chi connectivity index (χ0v) is 11.9. The van der Waals surface area contributed by atoms with Crippen molar-refractivity contribution in [1.29, 1.82) is 0 Å². The van der Waals surface area contributed by atoms with Gasteiger partial charge in [0.2, 0.25) is 5.91 Å². The molecular weight excluding hydrogens is 314 g/mol. The lowest BCUT2D eigenvalue weighted by atomic mass is 10.1. The zero-order valence-electron chi connectivity index (χ0n) is 9.47. The summed E-state index contributed by atoms with van der Waals surface area (Å²) >= 11 is 4.94. The molecule has 0 bridgehead atoms. The van der Waals surface area contributed by atoms with Gasteiger partial charge < -0.3 is 5.73 Å². The molecule has 0 aliphatic heterocycles. The highest BCUT2D eigenvalue weighted by Crippen LogP contribution is 2.15. The second-order valence-electron chi connectivity index (χ2n) is 3.70. The summed E-state index contributed by atoms with van der Waals surface area (Å²) in [4.78, 5) is 16.8. The third kappa shape index (κ3) is 3.38. The van der Waals surface area contributed by atoms with Crippen LogP contribution in [0.2, 0.25) is 0 Å². The molecular formula is C12H12BrN3OS. The molecule has 18 heavy (non-hydrogen) atoms. The molecule has 0 radical (unpaired) electrons. The van der Waals surface area contributed by atoms with Gasteiger partial charge in [0.25, 0.3) is 0 Å². The second-order valence-corrected chi connectivity index (χ2v) is 5.64. The van der Waals surface area contributed by atoms with Gasteiger partial charge in [-0.05, 0) is 39.5 Å². The SMILES string of the molecule is NC(=O)C(NCc1cccs1)c1ccc(Br)cn1. The van der Waals surface area contributed by atoms with E-state index < -0.39 is 11.9 Å². The van der Waals surface area contributed by atoms with Crippen LogP contribution in [0.1, 0.15) is 16.6 Å². The lowest BCUT2D eigenvalue weighted by molar-refractivity contribution is -0.120. The number of nitrogens with zero attached hydrogens (tertiary/aromatic N) is 1. The van der Waals surface area contributed by atoms with Crippen LogP contribution in [0.15, 0.2) is 40.3 Å². The summed E-state index contributed by atoms with van der Waals surface area (Å²) in [5, 5.41) is 5.11. The van der Waals surface area contributed by atoms with Gasteiger partial charge in [-0.1, -0.05) is 6.07 Å². The molecule has 4 nitrogen and oxygen atoms in total. The number of amides is 1. The second kappa shape index (κ2) is 6.08. The highest BCUT2D eigenvalue weighted by atomic mass is 79.9. The molecule has 3 N–H and O–H groups in total. The Bertz CT molecular complexity index is 513. The monoisotopic (exact) mass is 325 g/mol. The summed E-state index contributed by atoms with van der Waals surface area (Å²) < 4.78 is 0.868. The molecule has 6 heteroatoms. The van der Waals surface area contributed by atoms with Crippen LogP contribution in [0.4, 0.5) is 0 Å². The molecule has 0 saturated heterocycles. The van der Waals surface area contributed by atoms with Gasteiger partial charge in [0, 0.05) is 22.1 Å². The summed E-state index contributed by atoms with van der Waals surface area (Å²) in [7, 11) is 0. The molecule has 2 rings (SSSR count). The summed E-state index contributed by atoms with van der Waals surface area (Å²) in [6.07, 6.45) is 1.65. The van der Waals surface area contributed by atoms with E-state index in [0.29, 0.717) is 12.2 Å². The predicted octanol–water partition coefficient (Wildman–Crippen LogP) is 2.22. The van der Waals surface area contributed by atoms with Gasteiger partial charge in [-0.2, -0.15) is 0 Å². The van der Waals surface area contributed by atoms with Crippen molar-refractivity contribution in [3.63, 3.8) is 0 Å². The van der Waals surface area contributed by atoms with Gasteiger partial charge in [0.15, 0.2) is 0 Å². The molecule has 0 aliphatic carbocycles. The first-order valence-corrected chi connectivity index (χ1v) is 7.00. The van der Waals surface area contributed by atoms with E-state index in [2.05, 4.69) is 26.2 Å². The number of pyridine rings is 1. The Balaban J connectivity index is 2.08. The number of hydrogen-bond donors (Lipinski definition) is 2. The Morgan fingerprint density at radius 1 is 1.50 bits per heavy atom. The van der Waals surface area contributed by atoms with E-state index in [1.165, 1.54) is 0 Å². The molecule has 0 spiro atoms. The van der Waals surface area contributed by atoms with Crippen molar-refractivity contribution in [1.82, 2.24) is 10.3 Å². The number of nitrogens with two attached hydrogens (primary N) is 1. The minimum Gasteiger partial charge on any atom is -0.368 e. The summed E-state index contributed by atoms with van der Waals surface area (Å²) in [5.41, 5.74) is 6.02. The van der Waals surface area contributed by atoms with Gasteiger partial charge in [-0.3, -0.25) is 15.1 Å². The number of nitrogens with one attached hydrogen (secondary N) is 1. The van der Waals surface area contributed by atoms with E-state index in [1.54, 1.807) is 23.6 Å². The Hall–Kier alpha value is -1.24. The number of carbonyl (C=O) groups is 1. The minimum absolute atomic E-state index is 0.429. The molecule has 0 saturated carbocycles. The number of hydrogen-bond acceptors (Lipinski definition) is 4. The Morgan fingerprint density at radius 2 is 2.33 bits per heavy atom. The van der Waals surface area contributed by atoms with Gasteiger partial charge in [0.1, 0.15) is 6.04 Å². The fraction of sp³-hybridized carbons (Fsp3) is 0.167. The quantitative estimate of drug-likeness (QED) is 0.885. The maximum absolute atomic E-state index is 11.5. The maximum atomic E-state index is 11.5. The average Bonchev–Trinajstić information content (AvgIpc) is 2.84. The summed E-state index contributed by atoms with van der Waals surface area (Å²) in [6.45, 7) is 0.600. The summed E-state index contributed by atoms with van der Waals surface area (Å²) in [5.74, 6) is -0.429. The Labute approximate surface area is 117 Å². The van der Waals surface area contributed by atoms with E-state index in [0.717, 1.165) is 9.35 Å².